The molecule has 0 N–H and O–H groups in total. The van der Waals surface area contributed by atoms with E-state index in [1.807, 2.05) is 48.5 Å². The molecule has 1 heterocycles. The maximum atomic E-state index is 14.2. The summed E-state index contributed by atoms with van der Waals surface area (Å²) in [6, 6.07) is 15.1. The van der Waals surface area contributed by atoms with Crippen molar-refractivity contribution in [1.82, 2.24) is 0 Å². The van der Waals surface area contributed by atoms with E-state index in [0.717, 1.165) is 22.6 Å². The SMILES string of the molecule is COc1ccc(COC[C@H]2OC[C@@H](F)C2OCc2ccc(OC)cc2)cc1. The molecule has 27 heavy (non-hydrogen) atoms. The van der Waals surface area contributed by atoms with E-state index < -0.39 is 18.4 Å². The molecule has 0 saturated carbocycles. The number of hydrogen-bond acceptors (Lipinski definition) is 5. The van der Waals surface area contributed by atoms with Crippen molar-refractivity contribution in [3.63, 3.8) is 0 Å². The van der Waals surface area contributed by atoms with Crippen LogP contribution in [0.15, 0.2) is 48.5 Å². The van der Waals surface area contributed by atoms with E-state index in [1.54, 1.807) is 14.2 Å². The maximum absolute atomic E-state index is 14.2. The molecule has 0 bridgehead atoms. The Bertz CT molecular complexity index is 689. The number of alkyl halides is 1. The van der Waals surface area contributed by atoms with Crippen molar-refractivity contribution in [2.45, 2.75) is 31.6 Å². The van der Waals surface area contributed by atoms with Gasteiger partial charge in [0.1, 0.15) is 23.7 Å². The second-order valence-electron chi connectivity index (χ2n) is 6.37. The average Bonchev–Trinajstić information content (AvgIpc) is 3.07. The summed E-state index contributed by atoms with van der Waals surface area (Å²) in [4.78, 5) is 0. The molecule has 0 amide bonds. The van der Waals surface area contributed by atoms with Gasteiger partial charge in [-0.25, -0.2) is 4.39 Å². The van der Waals surface area contributed by atoms with Crippen molar-refractivity contribution in [3.05, 3.63) is 59.7 Å². The Morgan fingerprint density at radius 1 is 0.889 bits per heavy atom. The highest BCUT2D eigenvalue weighted by molar-refractivity contribution is 5.27. The predicted octanol–water partition coefficient (Wildman–Crippen LogP) is 3.54. The summed E-state index contributed by atoms with van der Waals surface area (Å²) in [5.41, 5.74) is 1.97. The van der Waals surface area contributed by atoms with Gasteiger partial charge in [0.15, 0.2) is 6.17 Å². The topological polar surface area (TPSA) is 46.2 Å². The first-order chi connectivity index (χ1) is 13.2. The summed E-state index contributed by atoms with van der Waals surface area (Å²) in [6.07, 6.45) is -2.21. The highest BCUT2D eigenvalue weighted by atomic mass is 19.1. The molecule has 1 saturated heterocycles. The van der Waals surface area contributed by atoms with Crippen LogP contribution in [-0.2, 0) is 27.4 Å². The van der Waals surface area contributed by atoms with Gasteiger partial charge in [-0.2, -0.15) is 0 Å². The fraction of sp³-hybridized carbons (Fsp3) is 0.429. The Morgan fingerprint density at radius 3 is 2.00 bits per heavy atom. The lowest BCUT2D eigenvalue weighted by atomic mass is 10.1. The number of ether oxygens (including phenoxy) is 5. The number of halogens is 1. The van der Waals surface area contributed by atoms with Crippen molar-refractivity contribution < 1.29 is 28.1 Å². The Balaban J connectivity index is 1.47. The molecular formula is C21H25FO5. The highest BCUT2D eigenvalue weighted by Crippen LogP contribution is 2.23. The van der Waals surface area contributed by atoms with Crippen LogP contribution >= 0.6 is 0 Å². The Morgan fingerprint density at radius 2 is 1.44 bits per heavy atom. The minimum absolute atomic E-state index is 0.0316. The van der Waals surface area contributed by atoms with Crippen molar-refractivity contribution in [2.75, 3.05) is 27.4 Å². The van der Waals surface area contributed by atoms with Gasteiger partial charge in [-0.1, -0.05) is 24.3 Å². The van der Waals surface area contributed by atoms with E-state index in [0.29, 0.717) is 13.2 Å². The molecule has 3 rings (SSSR count). The fourth-order valence-corrected chi connectivity index (χ4v) is 2.92. The van der Waals surface area contributed by atoms with Crippen LogP contribution in [0.1, 0.15) is 11.1 Å². The third kappa shape index (κ3) is 5.42. The summed E-state index contributed by atoms with van der Waals surface area (Å²) in [5.74, 6) is 1.57. The van der Waals surface area contributed by atoms with Gasteiger partial charge in [-0.3, -0.25) is 0 Å². The molecular weight excluding hydrogens is 351 g/mol. The summed E-state index contributed by atoms with van der Waals surface area (Å²) in [6.45, 7) is 1.04. The van der Waals surface area contributed by atoms with Gasteiger partial charge in [-0.15, -0.1) is 0 Å². The summed E-state index contributed by atoms with van der Waals surface area (Å²) >= 11 is 0. The second kappa shape index (κ2) is 9.69. The van der Waals surface area contributed by atoms with Crippen LogP contribution in [0.4, 0.5) is 4.39 Å². The number of benzene rings is 2. The van der Waals surface area contributed by atoms with Crippen molar-refractivity contribution in [2.24, 2.45) is 0 Å². The van der Waals surface area contributed by atoms with Crippen LogP contribution in [0.3, 0.4) is 0 Å². The molecule has 1 aliphatic rings. The molecule has 2 aromatic carbocycles. The summed E-state index contributed by atoms with van der Waals surface area (Å²) < 4.78 is 41.4. The minimum atomic E-state index is -1.15. The van der Waals surface area contributed by atoms with Gasteiger partial charge in [0.25, 0.3) is 0 Å². The second-order valence-corrected chi connectivity index (χ2v) is 6.37. The molecule has 1 unspecified atom stereocenters. The lowest BCUT2D eigenvalue weighted by Gasteiger charge is -2.20. The molecule has 2 aromatic rings. The van der Waals surface area contributed by atoms with Gasteiger partial charge in [0, 0.05) is 0 Å². The average molecular weight is 376 g/mol. The monoisotopic (exact) mass is 376 g/mol. The van der Waals surface area contributed by atoms with Gasteiger partial charge in [0.2, 0.25) is 0 Å². The molecule has 3 atom stereocenters. The van der Waals surface area contributed by atoms with Crippen LogP contribution in [-0.4, -0.2) is 45.8 Å². The maximum Gasteiger partial charge on any atom is 0.152 e. The highest BCUT2D eigenvalue weighted by Gasteiger charge is 2.38. The number of hydrogen-bond donors (Lipinski definition) is 0. The molecule has 0 aromatic heterocycles. The van der Waals surface area contributed by atoms with Crippen LogP contribution in [0.5, 0.6) is 11.5 Å². The molecule has 146 valence electrons. The van der Waals surface area contributed by atoms with Crippen LogP contribution in [0.25, 0.3) is 0 Å². The van der Waals surface area contributed by atoms with Crippen LogP contribution in [0, 0.1) is 0 Å². The number of methoxy groups -OCH3 is 2. The molecule has 1 aliphatic heterocycles. The summed E-state index contributed by atoms with van der Waals surface area (Å²) in [7, 11) is 3.24. The van der Waals surface area contributed by atoms with Gasteiger partial charge in [0.05, 0.1) is 40.6 Å². The normalized spacial score (nSPS) is 22.0. The molecule has 0 spiro atoms. The zero-order chi connectivity index (χ0) is 19.1. The lowest BCUT2D eigenvalue weighted by Crippen LogP contribution is -2.34. The lowest BCUT2D eigenvalue weighted by molar-refractivity contribution is -0.0667. The van der Waals surface area contributed by atoms with E-state index in [-0.39, 0.29) is 13.2 Å². The standard InChI is InChI=1S/C21H25FO5/c1-23-17-7-3-15(4-8-17)11-25-14-20-21(19(22)13-26-20)27-12-16-5-9-18(24-2)10-6-16/h3-10,19-21H,11-14H2,1-2H3/t19-,20-,21?/m1/s1. The van der Waals surface area contributed by atoms with Crippen LogP contribution in [0.2, 0.25) is 0 Å². The van der Waals surface area contributed by atoms with E-state index in [4.69, 9.17) is 23.7 Å². The predicted molar refractivity (Wildman–Crippen MR) is 98.9 cm³/mol. The molecule has 6 heteroatoms. The first-order valence-electron chi connectivity index (χ1n) is 8.90. The minimum Gasteiger partial charge on any atom is -0.497 e. The zero-order valence-electron chi connectivity index (χ0n) is 15.6. The molecule has 1 fully saturated rings. The molecule has 0 aliphatic carbocycles. The van der Waals surface area contributed by atoms with Crippen molar-refractivity contribution in [1.29, 1.82) is 0 Å². The summed E-state index contributed by atoms with van der Waals surface area (Å²) in [5, 5.41) is 0. The number of rotatable bonds is 9. The van der Waals surface area contributed by atoms with E-state index in [9.17, 15) is 4.39 Å². The quantitative estimate of drug-likeness (QED) is 0.670. The van der Waals surface area contributed by atoms with E-state index >= 15 is 0 Å². The Hall–Kier alpha value is -2.15. The largest absolute Gasteiger partial charge is 0.497 e. The van der Waals surface area contributed by atoms with E-state index in [1.165, 1.54) is 0 Å². The van der Waals surface area contributed by atoms with Crippen molar-refractivity contribution in [3.8, 4) is 11.5 Å². The van der Waals surface area contributed by atoms with Crippen molar-refractivity contribution >= 4 is 0 Å². The third-order valence-electron chi connectivity index (χ3n) is 4.50. The van der Waals surface area contributed by atoms with Crippen LogP contribution < -0.4 is 9.47 Å². The zero-order valence-corrected chi connectivity index (χ0v) is 15.6. The first-order valence-corrected chi connectivity index (χ1v) is 8.90. The Kier molecular flexibility index (Phi) is 7.04. The molecule has 5 nitrogen and oxygen atoms in total. The molecule has 0 radical (unpaired) electrons. The smallest absolute Gasteiger partial charge is 0.152 e. The van der Waals surface area contributed by atoms with Gasteiger partial charge < -0.3 is 23.7 Å². The Labute approximate surface area is 159 Å². The third-order valence-corrected chi connectivity index (χ3v) is 4.50. The van der Waals surface area contributed by atoms with Gasteiger partial charge >= 0.3 is 0 Å². The van der Waals surface area contributed by atoms with E-state index in [2.05, 4.69) is 0 Å². The van der Waals surface area contributed by atoms with Gasteiger partial charge in [-0.05, 0) is 35.4 Å². The first kappa shape index (κ1) is 19.6. The fourth-order valence-electron chi connectivity index (χ4n) is 2.92.